The van der Waals surface area contributed by atoms with Gasteiger partial charge in [-0.05, 0) is 30.7 Å². The molecule has 4 rings (SSSR count). The number of rotatable bonds is 5. The summed E-state index contributed by atoms with van der Waals surface area (Å²) in [5.41, 5.74) is 0.259. The molecule has 1 saturated heterocycles. The number of hydrogen-bond acceptors (Lipinski definition) is 5. The minimum atomic E-state index is -1.24. The molecule has 0 bridgehead atoms. The lowest BCUT2D eigenvalue weighted by molar-refractivity contribution is -0.135. The first-order chi connectivity index (χ1) is 14.4. The van der Waals surface area contributed by atoms with E-state index in [0.717, 1.165) is 16.2 Å². The molecule has 2 aliphatic rings. The zero-order valence-electron chi connectivity index (χ0n) is 16.8. The monoisotopic (exact) mass is 409 g/mol. The molecule has 2 aromatic carbocycles. The number of amides is 4. The van der Waals surface area contributed by atoms with E-state index in [2.05, 4.69) is 10.6 Å². The first kappa shape index (κ1) is 19.8. The quantitative estimate of drug-likeness (QED) is 0.738. The van der Waals surface area contributed by atoms with Crippen LogP contribution in [0.1, 0.15) is 30.5 Å². The lowest BCUT2D eigenvalue weighted by Gasteiger charge is -2.27. The van der Waals surface area contributed by atoms with Gasteiger partial charge in [-0.2, -0.15) is 0 Å². The van der Waals surface area contributed by atoms with Crippen LogP contribution in [0, 0.1) is 0 Å². The van der Waals surface area contributed by atoms with Crippen molar-refractivity contribution in [2.45, 2.75) is 24.9 Å². The molecule has 0 aromatic heterocycles. The second-order valence-electron chi connectivity index (χ2n) is 7.47. The predicted molar refractivity (Wildman–Crippen MR) is 108 cm³/mol. The van der Waals surface area contributed by atoms with Crippen molar-refractivity contribution in [1.29, 1.82) is 0 Å². The maximum absolute atomic E-state index is 13.0. The fraction of sp³-hybridized carbons (Fsp3) is 0.318. The number of benzene rings is 2. The van der Waals surface area contributed by atoms with Gasteiger partial charge in [0, 0.05) is 12.0 Å². The van der Waals surface area contributed by atoms with Gasteiger partial charge in [-0.3, -0.25) is 14.5 Å². The van der Waals surface area contributed by atoms with Crippen LogP contribution in [0.4, 0.5) is 4.79 Å². The molecule has 8 nitrogen and oxygen atoms in total. The van der Waals surface area contributed by atoms with Gasteiger partial charge in [0.1, 0.15) is 23.6 Å². The molecule has 2 N–H and O–H groups in total. The molecular formula is C22H23N3O5. The van der Waals surface area contributed by atoms with E-state index in [-0.39, 0.29) is 12.6 Å². The van der Waals surface area contributed by atoms with Crippen LogP contribution in [-0.4, -0.2) is 43.0 Å². The van der Waals surface area contributed by atoms with Gasteiger partial charge in [0.15, 0.2) is 0 Å². The molecule has 2 unspecified atom stereocenters. The Balaban J connectivity index is 1.46. The van der Waals surface area contributed by atoms with Crippen molar-refractivity contribution in [2.75, 3.05) is 20.3 Å². The third kappa shape index (κ3) is 3.45. The van der Waals surface area contributed by atoms with Gasteiger partial charge in [-0.1, -0.05) is 30.3 Å². The summed E-state index contributed by atoms with van der Waals surface area (Å²) in [6.45, 7) is 1.76. The van der Waals surface area contributed by atoms with Crippen molar-refractivity contribution in [3.8, 4) is 11.5 Å². The largest absolute Gasteiger partial charge is 0.497 e. The molecule has 0 aliphatic carbocycles. The van der Waals surface area contributed by atoms with Crippen molar-refractivity contribution in [2.24, 2.45) is 0 Å². The highest BCUT2D eigenvalue weighted by molar-refractivity contribution is 6.09. The van der Waals surface area contributed by atoms with E-state index in [1.54, 1.807) is 38.3 Å². The van der Waals surface area contributed by atoms with Gasteiger partial charge >= 0.3 is 6.03 Å². The van der Waals surface area contributed by atoms with Crippen molar-refractivity contribution in [1.82, 2.24) is 15.5 Å². The fourth-order valence-corrected chi connectivity index (χ4v) is 3.84. The summed E-state index contributed by atoms with van der Waals surface area (Å²) in [5.74, 6) is 0.502. The number of nitrogens with zero attached hydrogens (tertiary/aromatic N) is 1. The van der Waals surface area contributed by atoms with Crippen LogP contribution in [0.2, 0.25) is 0 Å². The average Bonchev–Trinajstić information content (AvgIpc) is 2.98. The molecule has 4 amide bonds. The molecule has 2 atom stereocenters. The number of nitrogens with one attached hydrogen (secondary N) is 2. The van der Waals surface area contributed by atoms with Crippen LogP contribution in [0.5, 0.6) is 11.5 Å². The molecule has 30 heavy (non-hydrogen) atoms. The summed E-state index contributed by atoms with van der Waals surface area (Å²) in [5, 5.41) is 5.62. The molecule has 2 aromatic rings. The summed E-state index contributed by atoms with van der Waals surface area (Å²) < 4.78 is 10.7. The highest BCUT2D eigenvalue weighted by Gasteiger charge is 2.49. The number of imide groups is 1. The van der Waals surface area contributed by atoms with E-state index in [1.807, 2.05) is 24.3 Å². The van der Waals surface area contributed by atoms with E-state index in [0.29, 0.717) is 24.3 Å². The molecule has 0 saturated carbocycles. The Morgan fingerprint density at radius 3 is 2.70 bits per heavy atom. The summed E-state index contributed by atoms with van der Waals surface area (Å²) >= 11 is 0. The number of carbonyl (C=O) groups excluding carboxylic acids is 3. The van der Waals surface area contributed by atoms with Gasteiger partial charge < -0.3 is 20.1 Å². The lowest BCUT2D eigenvalue weighted by atomic mass is 9.92. The molecule has 8 heteroatoms. The van der Waals surface area contributed by atoms with E-state index in [4.69, 9.17) is 9.47 Å². The Hall–Kier alpha value is -3.55. The summed E-state index contributed by atoms with van der Waals surface area (Å²) in [6.07, 6.45) is 0.618. The van der Waals surface area contributed by atoms with Gasteiger partial charge in [0.2, 0.25) is 5.91 Å². The Morgan fingerprint density at radius 1 is 1.23 bits per heavy atom. The first-order valence-electron chi connectivity index (χ1n) is 9.72. The Labute approximate surface area is 174 Å². The molecular weight excluding hydrogens is 386 g/mol. The lowest BCUT2D eigenvalue weighted by Crippen LogP contribution is -2.44. The van der Waals surface area contributed by atoms with Crippen LogP contribution in [0.3, 0.4) is 0 Å². The number of hydrogen-bond donors (Lipinski definition) is 2. The average molecular weight is 409 g/mol. The maximum atomic E-state index is 13.0. The molecule has 0 spiro atoms. The van der Waals surface area contributed by atoms with Crippen LogP contribution in [0.25, 0.3) is 0 Å². The van der Waals surface area contributed by atoms with Gasteiger partial charge in [-0.15, -0.1) is 0 Å². The van der Waals surface area contributed by atoms with Crippen LogP contribution >= 0.6 is 0 Å². The highest BCUT2D eigenvalue weighted by Crippen LogP contribution is 2.32. The topological polar surface area (TPSA) is 97.0 Å². The normalized spacial score (nSPS) is 22.7. The van der Waals surface area contributed by atoms with E-state index < -0.39 is 23.4 Å². The van der Waals surface area contributed by atoms with Crippen molar-refractivity contribution in [3.05, 3.63) is 59.7 Å². The minimum Gasteiger partial charge on any atom is -0.497 e. The Kier molecular flexibility index (Phi) is 5.07. The number of ether oxygens (including phenoxy) is 2. The van der Waals surface area contributed by atoms with E-state index >= 15 is 0 Å². The van der Waals surface area contributed by atoms with Crippen LogP contribution < -0.4 is 20.1 Å². The van der Waals surface area contributed by atoms with Crippen LogP contribution in [0.15, 0.2) is 48.5 Å². The second-order valence-corrected chi connectivity index (χ2v) is 7.47. The fourth-order valence-electron chi connectivity index (χ4n) is 3.84. The number of carbonyl (C=O) groups is 3. The highest BCUT2D eigenvalue weighted by atomic mass is 16.5. The molecule has 0 radical (unpaired) electrons. The number of para-hydroxylation sites is 1. The molecule has 1 fully saturated rings. The Bertz CT molecular complexity index is 991. The van der Waals surface area contributed by atoms with Crippen molar-refractivity contribution >= 4 is 17.8 Å². The zero-order valence-corrected chi connectivity index (χ0v) is 16.8. The van der Waals surface area contributed by atoms with Crippen LogP contribution in [-0.2, 0) is 15.1 Å². The van der Waals surface area contributed by atoms with Gasteiger partial charge in [0.05, 0.1) is 19.8 Å². The number of methoxy groups -OCH3 is 1. The predicted octanol–water partition coefficient (Wildman–Crippen LogP) is 2.10. The number of fused-ring (bicyclic) bond motifs is 1. The third-order valence-electron chi connectivity index (χ3n) is 5.54. The minimum absolute atomic E-state index is 0.226. The summed E-state index contributed by atoms with van der Waals surface area (Å²) in [4.78, 5) is 39.1. The van der Waals surface area contributed by atoms with Crippen molar-refractivity contribution < 1.29 is 23.9 Å². The van der Waals surface area contributed by atoms with Gasteiger partial charge in [0.25, 0.3) is 5.91 Å². The third-order valence-corrected chi connectivity index (χ3v) is 5.54. The smallest absolute Gasteiger partial charge is 0.325 e. The summed E-state index contributed by atoms with van der Waals surface area (Å²) in [7, 11) is 1.55. The SMILES string of the molecule is COc1ccc(C2(C)NC(=O)N(CC(=O)NC3CCOc4ccccc43)C2=O)cc1. The van der Waals surface area contributed by atoms with Crippen molar-refractivity contribution in [3.63, 3.8) is 0 Å². The van der Waals surface area contributed by atoms with E-state index in [9.17, 15) is 14.4 Å². The maximum Gasteiger partial charge on any atom is 0.325 e. The molecule has 156 valence electrons. The standard InChI is InChI=1S/C22H23N3O5/c1-22(14-7-9-15(29-2)10-8-14)20(27)25(21(28)24-22)13-19(26)23-17-11-12-30-18-6-4-3-5-16(17)18/h3-10,17H,11-13H2,1-2H3,(H,23,26)(H,24,28). The Morgan fingerprint density at radius 2 is 1.97 bits per heavy atom. The van der Waals surface area contributed by atoms with Gasteiger partial charge in [-0.25, -0.2) is 4.79 Å². The zero-order chi connectivity index (χ0) is 21.3. The molecule has 2 aliphatic heterocycles. The summed E-state index contributed by atoms with van der Waals surface area (Å²) in [6, 6.07) is 13.6. The first-order valence-corrected chi connectivity index (χ1v) is 9.72. The number of urea groups is 1. The van der Waals surface area contributed by atoms with E-state index in [1.165, 1.54) is 0 Å². The second kappa shape index (κ2) is 7.70. The molecule has 2 heterocycles.